The Morgan fingerprint density at radius 1 is 1.15 bits per heavy atom. The van der Waals surface area contributed by atoms with Gasteiger partial charge in [-0.1, -0.05) is 48.9 Å². The van der Waals surface area contributed by atoms with E-state index in [4.69, 9.17) is 21.1 Å². The highest BCUT2D eigenvalue weighted by atomic mass is 35.5. The highest BCUT2D eigenvalue weighted by molar-refractivity contribution is 6.31. The van der Waals surface area contributed by atoms with Gasteiger partial charge in [0.15, 0.2) is 5.79 Å². The second-order valence-corrected chi connectivity index (χ2v) is 7.66. The summed E-state index contributed by atoms with van der Waals surface area (Å²) in [4.78, 5) is 0. The Labute approximate surface area is 159 Å². The number of aliphatic hydroxyl groups is 1. The number of hydrogen-bond acceptors (Lipinski definition) is 3. The van der Waals surface area contributed by atoms with Crippen LogP contribution in [0.5, 0.6) is 0 Å². The molecule has 1 fully saturated rings. The average Bonchev–Trinajstić information content (AvgIpc) is 3.02. The number of hydrogen-bond donors (Lipinski definition) is 1. The normalized spacial score (nSPS) is 24.8. The summed E-state index contributed by atoms with van der Waals surface area (Å²) in [6, 6.07) is 12.7. The Balaban J connectivity index is 1.67. The predicted molar refractivity (Wildman–Crippen MR) is 102 cm³/mol. The minimum Gasteiger partial charge on any atom is -0.394 e. The van der Waals surface area contributed by atoms with Crippen molar-refractivity contribution in [3.8, 4) is 0 Å². The van der Waals surface area contributed by atoms with Crippen LogP contribution in [-0.2, 0) is 34.7 Å². The Kier molecular flexibility index (Phi) is 5.07. The largest absolute Gasteiger partial charge is 0.394 e. The first kappa shape index (κ1) is 18.0. The van der Waals surface area contributed by atoms with E-state index in [9.17, 15) is 5.11 Å². The van der Waals surface area contributed by atoms with Crippen molar-refractivity contribution in [2.75, 3.05) is 6.61 Å². The van der Waals surface area contributed by atoms with Crippen LogP contribution in [0.25, 0.3) is 0 Å². The number of benzene rings is 2. The van der Waals surface area contributed by atoms with Crippen LogP contribution in [0.3, 0.4) is 0 Å². The van der Waals surface area contributed by atoms with Gasteiger partial charge in [0.1, 0.15) is 0 Å². The maximum Gasteiger partial charge on any atom is 0.195 e. The predicted octanol–water partition coefficient (Wildman–Crippen LogP) is 4.74. The van der Waals surface area contributed by atoms with E-state index in [2.05, 4.69) is 31.2 Å². The molecule has 4 heteroatoms. The van der Waals surface area contributed by atoms with Crippen LogP contribution in [0.2, 0.25) is 5.02 Å². The molecule has 2 aromatic rings. The highest BCUT2D eigenvalue weighted by Crippen LogP contribution is 2.47. The van der Waals surface area contributed by atoms with Crippen molar-refractivity contribution in [1.29, 1.82) is 0 Å². The molecule has 0 amide bonds. The zero-order chi connectivity index (χ0) is 18.1. The molecule has 1 N–H and O–H groups in total. The lowest BCUT2D eigenvalue weighted by Gasteiger charge is -2.37. The maximum absolute atomic E-state index is 9.52. The molecule has 1 saturated heterocycles. The van der Waals surface area contributed by atoms with Crippen LogP contribution in [0.1, 0.15) is 54.0 Å². The third-order valence-electron chi connectivity index (χ3n) is 5.64. The molecule has 0 bridgehead atoms. The third kappa shape index (κ3) is 3.18. The summed E-state index contributed by atoms with van der Waals surface area (Å²) in [7, 11) is 0. The molecule has 0 saturated carbocycles. The molecule has 4 rings (SSSR count). The minimum atomic E-state index is -0.716. The van der Waals surface area contributed by atoms with Gasteiger partial charge < -0.3 is 14.6 Å². The summed E-state index contributed by atoms with van der Waals surface area (Å²) >= 11 is 6.56. The summed E-state index contributed by atoms with van der Waals surface area (Å²) in [5, 5.41) is 10.3. The lowest BCUT2D eigenvalue weighted by atomic mass is 9.90. The zero-order valence-electron chi connectivity index (χ0n) is 15.1. The smallest absolute Gasteiger partial charge is 0.195 e. The van der Waals surface area contributed by atoms with Crippen LogP contribution in [0.15, 0.2) is 36.4 Å². The summed E-state index contributed by atoms with van der Waals surface area (Å²) < 4.78 is 12.3. The second kappa shape index (κ2) is 7.32. The van der Waals surface area contributed by atoms with Crippen molar-refractivity contribution in [2.24, 2.45) is 0 Å². The van der Waals surface area contributed by atoms with Crippen LogP contribution in [0, 0.1) is 0 Å². The third-order valence-corrected chi connectivity index (χ3v) is 5.99. The number of fused-ring (bicyclic) bond motifs is 2. The Bertz CT molecular complexity index is 787. The van der Waals surface area contributed by atoms with E-state index in [0.29, 0.717) is 6.61 Å². The lowest BCUT2D eigenvalue weighted by Crippen LogP contribution is -2.39. The van der Waals surface area contributed by atoms with Gasteiger partial charge >= 0.3 is 0 Å². The van der Waals surface area contributed by atoms with Crippen molar-refractivity contribution in [3.05, 3.63) is 69.2 Å². The molecule has 0 radical (unpaired) electrons. The molecule has 2 aliphatic heterocycles. The van der Waals surface area contributed by atoms with Crippen molar-refractivity contribution in [3.63, 3.8) is 0 Å². The molecule has 0 aliphatic carbocycles. The molecule has 26 heavy (non-hydrogen) atoms. The van der Waals surface area contributed by atoms with E-state index in [0.717, 1.165) is 53.8 Å². The molecule has 2 aromatic carbocycles. The van der Waals surface area contributed by atoms with Gasteiger partial charge in [-0.05, 0) is 54.0 Å². The van der Waals surface area contributed by atoms with E-state index >= 15 is 0 Å². The van der Waals surface area contributed by atoms with Crippen molar-refractivity contribution in [2.45, 2.75) is 57.5 Å². The van der Waals surface area contributed by atoms with Crippen molar-refractivity contribution < 1.29 is 14.6 Å². The Morgan fingerprint density at radius 3 is 2.65 bits per heavy atom. The number of aryl methyl sites for hydroxylation is 1. The van der Waals surface area contributed by atoms with Gasteiger partial charge in [-0.15, -0.1) is 0 Å². The fourth-order valence-electron chi connectivity index (χ4n) is 4.12. The molecule has 138 valence electrons. The van der Waals surface area contributed by atoms with Gasteiger partial charge in [0.25, 0.3) is 0 Å². The molecule has 3 nitrogen and oxygen atoms in total. The molecule has 2 aliphatic rings. The monoisotopic (exact) mass is 372 g/mol. The fourth-order valence-corrected chi connectivity index (χ4v) is 4.37. The van der Waals surface area contributed by atoms with Gasteiger partial charge in [0.2, 0.25) is 0 Å². The topological polar surface area (TPSA) is 38.7 Å². The van der Waals surface area contributed by atoms with Gasteiger partial charge in [0.05, 0.1) is 19.3 Å². The summed E-state index contributed by atoms with van der Waals surface area (Å²) in [6.45, 7) is 2.71. The van der Waals surface area contributed by atoms with Crippen LogP contribution in [-0.4, -0.2) is 17.8 Å². The van der Waals surface area contributed by atoms with E-state index in [1.54, 1.807) is 0 Å². The fraction of sp³-hybridized carbons (Fsp3) is 0.455. The molecule has 2 heterocycles. The van der Waals surface area contributed by atoms with E-state index in [1.165, 1.54) is 11.1 Å². The number of ether oxygens (including phenoxy) is 2. The minimum absolute atomic E-state index is 0.0324. The van der Waals surface area contributed by atoms with Gasteiger partial charge in [-0.25, -0.2) is 0 Å². The number of rotatable bonds is 4. The SMILES string of the molecule is CCc1ccc(Cc2c(Cl)ccc3c2COC32CCCC(CO)O2)cc1. The average molecular weight is 373 g/mol. The summed E-state index contributed by atoms with van der Waals surface area (Å²) in [5.74, 6) is -0.716. The molecular formula is C22H25ClO3. The van der Waals surface area contributed by atoms with Crippen molar-refractivity contribution in [1.82, 2.24) is 0 Å². The van der Waals surface area contributed by atoms with Gasteiger partial charge in [0, 0.05) is 17.0 Å². The Morgan fingerprint density at radius 2 is 1.92 bits per heavy atom. The second-order valence-electron chi connectivity index (χ2n) is 7.26. The first-order valence-corrected chi connectivity index (χ1v) is 9.84. The highest BCUT2D eigenvalue weighted by Gasteiger charge is 2.46. The maximum atomic E-state index is 9.52. The van der Waals surface area contributed by atoms with Crippen LogP contribution < -0.4 is 0 Å². The summed E-state index contributed by atoms with van der Waals surface area (Å²) in [6.07, 6.45) is 4.36. The quantitative estimate of drug-likeness (QED) is 0.842. The Hall–Kier alpha value is -1.39. The van der Waals surface area contributed by atoms with E-state index < -0.39 is 5.79 Å². The molecule has 0 aromatic heterocycles. The van der Waals surface area contributed by atoms with Crippen LogP contribution >= 0.6 is 11.6 Å². The molecular weight excluding hydrogens is 348 g/mol. The number of halogens is 1. The first-order chi connectivity index (χ1) is 12.6. The molecule has 2 atom stereocenters. The van der Waals surface area contributed by atoms with E-state index in [1.807, 2.05) is 12.1 Å². The van der Waals surface area contributed by atoms with Crippen LogP contribution in [0.4, 0.5) is 0 Å². The number of aliphatic hydroxyl groups excluding tert-OH is 1. The lowest BCUT2D eigenvalue weighted by molar-refractivity contribution is -0.287. The molecule has 1 spiro atoms. The van der Waals surface area contributed by atoms with Gasteiger partial charge in [-0.3, -0.25) is 0 Å². The van der Waals surface area contributed by atoms with E-state index in [-0.39, 0.29) is 12.7 Å². The molecule has 2 unspecified atom stereocenters. The van der Waals surface area contributed by atoms with Crippen molar-refractivity contribution >= 4 is 11.6 Å². The summed E-state index contributed by atoms with van der Waals surface area (Å²) in [5.41, 5.74) is 5.94. The first-order valence-electron chi connectivity index (χ1n) is 9.46. The standard InChI is InChI=1S/C22H25ClO3/c1-2-15-5-7-16(8-6-15)12-18-19-14-25-22(20(19)9-10-21(18)23)11-3-4-17(13-24)26-22/h5-10,17,24H,2-4,11-14H2,1H3. The van der Waals surface area contributed by atoms with Gasteiger partial charge in [-0.2, -0.15) is 0 Å². The zero-order valence-corrected chi connectivity index (χ0v) is 15.9.